The summed E-state index contributed by atoms with van der Waals surface area (Å²) in [5.74, 6) is 2.60. The van der Waals surface area contributed by atoms with Crippen molar-refractivity contribution < 1.29 is 0 Å². The zero-order chi connectivity index (χ0) is 10.1. The van der Waals surface area contributed by atoms with Gasteiger partial charge in [0, 0.05) is 18.4 Å². The summed E-state index contributed by atoms with van der Waals surface area (Å²) >= 11 is 0. The summed E-state index contributed by atoms with van der Waals surface area (Å²) in [6, 6.07) is 0. The highest BCUT2D eigenvalue weighted by Crippen LogP contribution is 2.42. The molecule has 0 spiro atoms. The molecule has 1 fully saturated rings. The second-order valence-corrected chi connectivity index (χ2v) is 4.75. The van der Waals surface area contributed by atoms with Gasteiger partial charge in [-0.1, -0.05) is 12.2 Å². The Morgan fingerprint density at radius 2 is 2.40 bits per heavy atom. The molecule has 80 valence electrons. The van der Waals surface area contributed by atoms with Crippen molar-refractivity contribution in [3.8, 4) is 0 Å². The molecule has 1 aromatic rings. The van der Waals surface area contributed by atoms with Gasteiger partial charge >= 0.3 is 0 Å². The lowest BCUT2D eigenvalue weighted by Gasteiger charge is -2.18. The van der Waals surface area contributed by atoms with Gasteiger partial charge in [0.25, 0.3) is 0 Å². The van der Waals surface area contributed by atoms with E-state index in [4.69, 9.17) is 0 Å². The van der Waals surface area contributed by atoms with Crippen molar-refractivity contribution in [3.05, 3.63) is 30.4 Å². The number of aromatic amines is 1. The molecular weight excluding hydrogens is 186 g/mol. The van der Waals surface area contributed by atoms with Gasteiger partial charge in [-0.2, -0.15) is 0 Å². The average molecular weight is 203 g/mol. The van der Waals surface area contributed by atoms with Crippen LogP contribution in [0, 0.1) is 17.8 Å². The summed E-state index contributed by atoms with van der Waals surface area (Å²) in [7, 11) is 0. The molecule has 15 heavy (non-hydrogen) atoms. The minimum absolute atomic E-state index is 0.851. The quantitative estimate of drug-likeness (QED) is 0.731. The SMILES string of the molecule is C1=CC2CC1CC2CNCc1cnc[nH]1. The fourth-order valence-corrected chi connectivity index (χ4v) is 2.90. The van der Waals surface area contributed by atoms with E-state index < -0.39 is 0 Å². The number of nitrogens with zero attached hydrogens (tertiary/aromatic N) is 1. The molecule has 2 N–H and O–H groups in total. The van der Waals surface area contributed by atoms with Crippen LogP contribution in [0.2, 0.25) is 0 Å². The lowest BCUT2D eigenvalue weighted by molar-refractivity contribution is 0.413. The van der Waals surface area contributed by atoms with E-state index in [0.29, 0.717) is 0 Å². The van der Waals surface area contributed by atoms with E-state index in [-0.39, 0.29) is 0 Å². The predicted molar refractivity (Wildman–Crippen MR) is 59.1 cm³/mol. The van der Waals surface area contributed by atoms with Gasteiger partial charge in [-0.15, -0.1) is 0 Å². The molecule has 3 nitrogen and oxygen atoms in total. The lowest BCUT2D eigenvalue weighted by Crippen LogP contribution is -2.25. The van der Waals surface area contributed by atoms with Crippen LogP contribution < -0.4 is 5.32 Å². The molecule has 0 amide bonds. The summed E-state index contributed by atoms with van der Waals surface area (Å²) in [5.41, 5.74) is 1.17. The Balaban J connectivity index is 1.45. The first-order valence-corrected chi connectivity index (χ1v) is 5.78. The molecule has 3 heteroatoms. The fraction of sp³-hybridized carbons (Fsp3) is 0.583. The summed E-state index contributed by atoms with van der Waals surface area (Å²) in [4.78, 5) is 7.11. The fourth-order valence-electron chi connectivity index (χ4n) is 2.90. The first-order valence-electron chi connectivity index (χ1n) is 5.78. The van der Waals surface area contributed by atoms with Crippen molar-refractivity contribution in [1.29, 1.82) is 0 Å². The lowest BCUT2D eigenvalue weighted by atomic mass is 9.94. The molecular formula is C12H17N3. The summed E-state index contributed by atoms with van der Waals surface area (Å²) in [5, 5.41) is 3.51. The standard InChI is InChI=1S/C12H17N3/c1-2-10-3-9(1)4-11(10)5-13-6-12-7-14-8-15-12/h1-2,7-11,13H,3-6H2,(H,14,15). The third-order valence-electron chi connectivity index (χ3n) is 3.69. The number of H-pyrrole nitrogens is 1. The molecule has 2 bridgehead atoms. The molecule has 0 aromatic carbocycles. The minimum Gasteiger partial charge on any atom is -0.347 e. The number of aromatic nitrogens is 2. The van der Waals surface area contributed by atoms with Crippen LogP contribution in [-0.2, 0) is 6.54 Å². The van der Waals surface area contributed by atoms with Crippen LogP contribution in [0.3, 0.4) is 0 Å². The number of rotatable bonds is 4. The monoisotopic (exact) mass is 203 g/mol. The van der Waals surface area contributed by atoms with Crippen molar-refractivity contribution in [1.82, 2.24) is 15.3 Å². The highest BCUT2D eigenvalue weighted by atomic mass is 14.9. The van der Waals surface area contributed by atoms with E-state index in [9.17, 15) is 0 Å². The zero-order valence-electron chi connectivity index (χ0n) is 8.82. The van der Waals surface area contributed by atoms with Crippen LogP contribution in [-0.4, -0.2) is 16.5 Å². The number of imidazole rings is 1. The smallest absolute Gasteiger partial charge is 0.0922 e. The highest BCUT2D eigenvalue weighted by Gasteiger charge is 2.34. The first kappa shape index (κ1) is 9.16. The number of hydrogen-bond donors (Lipinski definition) is 2. The van der Waals surface area contributed by atoms with Crippen LogP contribution in [0.5, 0.6) is 0 Å². The topological polar surface area (TPSA) is 40.7 Å². The van der Waals surface area contributed by atoms with Crippen LogP contribution >= 0.6 is 0 Å². The molecule has 2 aliphatic rings. The van der Waals surface area contributed by atoms with Crippen LogP contribution in [0.4, 0.5) is 0 Å². The molecule has 3 unspecified atom stereocenters. The maximum Gasteiger partial charge on any atom is 0.0922 e. The normalized spacial score (nSPS) is 32.7. The first-order chi connectivity index (χ1) is 7.42. The van der Waals surface area contributed by atoms with E-state index in [2.05, 4.69) is 27.4 Å². The molecule has 1 aromatic heterocycles. The van der Waals surface area contributed by atoms with Gasteiger partial charge < -0.3 is 10.3 Å². The Kier molecular flexibility index (Phi) is 2.33. The Morgan fingerprint density at radius 1 is 1.40 bits per heavy atom. The third-order valence-corrected chi connectivity index (χ3v) is 3.69. The number of allylic oxidation sites excluding steroid dienone is 2. The molecule has 3 rings (SSSR count). The maximum absolute atomic E-state index is 4.00. The zero-order valence-corrected chi connectivity index (χ0v) is 8.82. The summed E-state index contributed by atoms with van der Waals surface area (Å²) < 4.78 is 0. The highest BCUT2D eigenvalue weighted by molar-refractivity contribution is 5.10. The van der Waals surface area contributed by atoms with E-state index in [1.165, 1.54) is 18.5 Å². The molecule has 0 saturated heterocycles. The van der Waals surface area contributed by atoms with E-state index >= 15 is 0 Å². The molecule has 3 atom stereocenters. The third kappa shape index (κ3) is 1.84. The summed E-state index contributed by atoms with van der Waals surface area (Å²) in [6.07, 6.45) is 11.2. The Bertz CT molecular complexity index is 342. The van der Waals surface area contributed by atoms with Crippen LogP contribution in [0.15, 0.2) is 24.7 Å². The molecule has 0 radical (unpaired) electrons. The number of fused-ring (bicyclic) bond motifs is 2. The predicted octanol–water partition coefficient (Wildman–Crippen LogP) is 1.71. The Labute approximate surface area is 90.0 Å². The molecule has 1 heterocycles. The van der Waals surface area contributed by atoms with Crippen molar-refractivity contribution in [2.24, 2.45) is 17.8 Å². The van der Waals surface area contributed by atoms with Crippen molar-refractivity contribution >= 4 is 0 Å². The second-order valence-electron chi connectivity index (χ2n) is 4.75. The summed E-state index contributed by atoms with van der Waals surface area (Å²) in [6.45, 7) is 2.06. The molecule has 1 saturated carbocycles. The number of hydrogen-bond acceptors (Lipinski definition) is 2. The van der Waals surface area contributed by atoms with E-state index in [1.807, 2.05) is 6.20 Å². The van der Waals surface area contributed by atoms with Gasteiger partial charge in [-0.3, -0.25) is 0 Å². The average Bonchev–Trinajstić information content (AvgIpc) is 2.93. The maximum atomic E-state index is 4.00. The van der Waals surface area contributed by atoms with Crippen LogP contribution in [0.1, 0.15) is 18.5 Å². The van der Waals surface area contributed by atoms with Gasteiger partial charge in [-0.05, 0) is 37.1 Å². The molecule has 2 aliphatic carbocycles. The van der Waals surface area contributed by atoms with Crippen molar-refractivity contribution in [2.45, 2.75) is 19.4 Å². The number of nitrogens with one attached hydrogen (secondary N) is 2. The minimum atomic E-state index is 0.851. The Morgan fingerprint density at radius 3 is 3.07 bits per heavy atom. The van der Waals surface area contributed by atoms with Crippen molar-refractivity contribution in [2.75, 3.05) is 6.54 Å². The largest absolute Gasteiger partial charge is 0.347 e. The van der Waals surface area contributed by atoms with Crippen molar-refractivity contribution in [3.63, 3.8) is 0 Å². The van der Waals surface area contributed by atoms with Gasteiger partial charge in [0.05, 0.1) is 6.33 Å². The van der Waals surface area contributed by atoms with Gasteiger partial charge in [0.1, 0.15) is 0 Å². The van der Waals surface area contributed by atoms with Crippen LogP contribution in [0.25, 0.3) is 0 Å². The second kappa shape index (κ2) is 3.81. The molecule has 0 aliphatic heterocycles. The van der Waals surface area contributed by atoms with Gasteiger partial charge in [0.2, 0.25) is 0 Å². The van der Waals surface area contributed by atoms with Gasteiger partial charge in [0.15, 0.2) is 0 Å². The Hall–Kier alpha value is -1.09. The van der Waals surface area contributed by atoms with E-state index in [1.54, 1.807) is 6.33 Å². The van der Waals surface area contributed by atoms with E-state index in [0.717, 1.165) is 30.8 Å². The van der Waals surface area contributed by atoms with Gasteiger partial charge in [-0.25, -0.2) is 4.98 Å².